The predicted octanol–water partition coefficient (Wildman–Crippen LogP) is 0.222. The fourth-order valence-corrected chi connectivity index (χ4v) is 3.27. The van der Waals surface area contributed by atoms with E-state index in [1.165, 1.54) is 6.26 Å². The largest absolute Gasteiger partial charge is 0.389 e. The van der Waals surface area contributed by atoms with Crippen molar-refractivity contribution in [2.45, 2.75) is 63.8 Å². The lowest BCUT2D eigenvalue weighted by atomic mass is 9.91. The molecule has 120 valence electrons. The highest BCUT2D eigenvalue weighted by atomic mass is 32.2. The van der Waals surface area contributed by atoms with Crippen LogP contribution in [-0.4, -0.2) is 57.2 Å². The maximum absolute atomic E-state index is 11.4. The second kappa shape index (κ2) is 8.29. The summed E-state index contributed by atoms with van der Waals surface area (Å²) >= 11 is 0. The summed E-state index contributed by atoms with van der Waals surface area (Å²) < 4.78 is 30.7. The minimum absolute atomic E-state index is 0.0761. The molecule has 0 aromatic rings. The third-order valence-corrected chi connectivity index (χ3v) is 4.10. The highest BCUT2D eigenvalue weighted by molar-refractivity contribution is 7.88. The minimum atomic E-state index is -3.19. The van der Waals surface area contributed by atoms with Crippen LogP contribution in [0.25, 0.3) is 0 Å². The zero-order valence-corrected chi connectivity index (χ0v) is 13.4. The topological polar surface area (TPSA) is 87.7 Å². The van der Waals surface area contributed by atoms with Crippen LogP contribution in [0.3, 0.4) is 0 Å². The molecule has 0 spiro atoms. The van der Waals surface area contributed by atoms with Gasteiger partial charge in [-0.25, -0.2) is 13.1 Å². The zero-order valence-electron chi connectivity index (χ0n) is 12.6. The van der Waals surface area contributed by atoms with Gasteiger partial charge in [-0.3, -0.25) is 0 Å². The predicted molar refractivity (Wildman–Crippen MR) is 79.1 cm³/mol. The highest BCUT2D eigenvalue weighted by Gasteiger charge is 2.27. The van der Waals surface area contributed by atoms with Crippen molar-refractivity contribution < 1.29 is 18.3 Å². The first-order chi connectivity index (χ1) is 9.28. The SMILES string of the molecule is CC(C)OC[C@H](O)CN[C@H]1CCCC[C@H]1NS(C)(=O)=O. The maximum Gasteiger partial charge on any atom is 0.209 e. The quantitative estimate of drug-likeness (QED) is 0.597. The van der Waals surface area contributed by atoms with Gasteiger partial charge in [0.25, 0.3) is 0 Å². The molecule has 6 nitrogen and oxygen atoms in total. The van der Waals surface area contributed by atoms with Crippen LogP contribution in [-0.2, 0) is 14.8 Å². The first kappa shape index (κ1) is 17.8. The van der Waals surface area contributed by atoms with E-state index in [-0.39, 0.29) is 18.2 Å². The molecule has 1 rings (SSSR count). The van der Waals surface area contributed by atoms with E-state index < -0.39 is 16.1 Å². The summed E-state index contributed by atoms with van der Waals surface area (Å²) in [5.74, 6) is 0. The first-order valence-electron chi connectivity index (χ1n) is 7.28. The summed E-state index contributed by atoms with van der Waals surface area (Å²) in [6, 6.07) is -0.0101. The molecule has 0 radical (unpaired) electrons. The van der Waals surface area contributed by atoms with Crippen molar-refractivity contribution in [2.24, 2.45) is 0 Å². The summed E-state index contributed by atoms with van der Waals surface area (Å²) in [6.07, 6.45) is 4.58. The average Bonchev–Trinajstić information content (AvgIpc) is 2.33. The van der Waals surface area contributed by atoms with Crippen molar-refractivity contribution in [3.8, 4) is 0 Å². The van der Waals surface area contributed by atoms with Crippen LogP contribution in [0, 0.1) is 0 Å². The number of hydrogen-bond donors (Lipinski definition) is 3. The van der Waals surface area contributed by atoms with Crippen LogP contribution < -0.4 is 10.0 Å². The zero-order chi connectivity index (χ0) is 15.2. The van der Waals surface area contributed by atoms with Gasteiger partial charge in [-0.05, 0) is 26.7 Å². The van der Waals surface area contributed by atoms with Crippen LogP contribution in [0.2, 0.25) is 0 Å². The van der Waals surface area contributed by atoms with E-state index in [2.05, 4.69) is 10.0 Å². The summed E-state index contributed by atoms with van der Waals surface area (Å²) in [7, 11) is -3.19. The lowest BCUT2D eigenvalue weighted by molar-refractivity contribution is 0.00469. The van der Waals surface area contributed by atoms with E-state index in [1.54, 1.807) is 0 Å². The molecule has 0 aromatic carbocycles. The van der Waals surface area contributed by atoms with Crippen molar-refractivity contribution >= 4 is 10.0 Å². The standard InChI is InChI=1S/C13H28N2O4S/c1-10(2)19-9-11(16)8-14-12-6-4-5-7-13(12)15-20(3,17)18/h10-16H,4-9H2,1-3H3/t11-,12+,13-/m1/s1. The summed E-state index contributed by atoms with van der Waals surface area (Å²) in [5.41, 5.74) is 0. The molecule has 0 saturated heterocycles. The van der Waals surface area contributed by atoms with Gasteiger partial charge in [0.05, 0.1) is 25.1 Å². The van der Waals surface area contributed by atoms with Gasteiger partial charge >= 0.3 is 0 Å². The fraction of sp³-hybridized carbons (Fsp3) is 1.00. The van der Waals surface area contributed by atoms with Gasteiger partial charge < -0.3 is 15.2 Å². The summed E-state index contributed by atoms with van der Waals surface area (Å²) in [4.78, 5) is 0. The first-order valence-corrected chi connectivity index (χ1v) is 9.17. The normalized spacial score (nSPS) is 25.9. The molecule has 20 heavy (non-hydrogen) atoms. The lowest BCUT2D eigenvalue weighted by Crippen LogP contribution is -2.53. The Kier molecular flexibility index (Phi) is 7.39. The van der Waals surface area contributed by atoms with Gasteiger partial charge in [0.1, 0.15) is 0 Å². The lowest BCUT2D eigenvalue weighted by Gasteiger charge is -2.33. The molecule has 0 unspecified atom stereocenters. The van der Waals surface area contributed by atoms with Crippen LogP contribution in [0.5, 0.6) is 0 Å². The highest BCUT2D eigenvalue weighted by Crippen LogP contribution is 2.19. The Morgan fingerprint density at radius 3 is 2.40 bits per heavy atom. The third kappa shape index (κ3) is 7.54. The number of ether oxygens (including phenoxy) is 1. The van der Waals surface area contributed by atoms with Gasteiger partial charge in [-0.2, -0.15) is 0 Å². The molecule has 7 heteroatoms. The molecule has 3 atom stereocenters. The minimum Gasteiger partial charge on any atom is -0.389 e. The molecular weight excluding hydrogens is 280 g/mol. The number of sulfonamides is 1. The Hall–Kier alpha value is -0.210. The van der Waals surface area contributed by atoms with Gasteiger partial charge in [0, 0.05) is 18.6 Å². The van der Waals surface area contributed by atoms with Crippen molar-refractivity contribution in [3.63, 3.8) is 0 Å². The van der Waals surface area contributed by atoms with E-state index in [0.717, 1.165) is 25.7 Å². The van der Waals surface area contributed by atoms with Crippen LogP contribution in [0.4, 0.5) is 0 Å². The molecular formula is C13H28N2O4S. The van der Waals surface area contributed by atoms with Crippen LogP contribution in [0.15, 0.2) is 0 Å². The molecule has 3 N–H and O–H groups in total. The Bertz CT molecular complexity index is 373. The maximum atomic E-state index is 11.4. The van der Waals surface area contributed by atoms with E-state index in [1.807, 2.05) is 13.8 Å². The average molecular weight is 308 g/mol. The summed E-state index contributed by atoms with van der Waals surface area (Å²) in [6.45, 7) is 4.56. The third-order valence-electron chi connectivity index (χ3n) is 3.37. The molecule has 0 aromatic heterocycles. The van der Waals surface area contributed by atoms with E-state index in [4.69, 9.17) is 4.74 Å². The number of nitrogens with one attached hydrogen (secondary N) is 2. The Morgan fingerprint density at radius 2 is 1.85 bits per heavy atom. The number of aliphatic hydroxyl groups is 1. The van der Waals surface area contributed by atoms with Gasteiger partial charge in [0.15, 0.2) is 0 Å². The Morgan fingerprint density at radius 1 is 1.25 bits per heavy atom. The van der Waals surface area contributed by atoms with Crippen molar-refractivity contribution in [3.05, 3.63) is 0 Å². The number of hydrogen-bond acceptors (Lipinski definition) is 5. The molecule has 0 aliphatic heterocycles. The second-order valence-electron chi connectivity index (χ2n) is 5.83. The van der Waals surface area contributed by atoms with E-state index in [9.17, 15) is 13.5 Å². The molecule has 0 heterocycles. The van der Waals surface area contributed by atoms with E-state index >= 15 is 0 Å². The fourth-order valence-electron chi connectivity index (χ4n) is 2.44. The van der Waals surface area contributed by atoms with Gasteiger partial charge in [0.2, 0.25) is 10.0 Å². The van der Waals surface area contributed by atoms with Gasteiger partial charge in [-0.15, -0.1) is 0 Å². The Labute approximate surface area is 122 Å². The second-order valence-corrected chi connectivity index (χ2v) is 7.61. The van der Waals surface area contributed by atoms with E-state index in [0.29, 0.717) is 13.2 Å². The van der Waals surface area contributed by atoms with Crippen LogP contribution >= 0.6 is 0 Å². The monoisotopic (exact) mass is 308 g/mol. The van der Waals surface area contributed by atoms with Gasteiger partial charge in [-0.1, -0.05) is 12.8 Å². The Balaban J connectivity index is 2.38. The molecule has 1 fully saturated rings. The smallest absolute Gasteiger partial charge is 0.209 e. The molecule has 1 aliphatic carbocycles. The molecule has 0 bridgehead atoms. The van der Waals surface area contributed by atoms with Crippen molar-refractivity contribution in [1.82, 2.24) is 10.0 Å². The molecule has 1 aliphatic rings. The molecule has 0 amide bonds. The molecule has 1 saturated carbocycles. The van der Waals surface area contributed by atoms with Crippen LogP contribution in [0.1, 0.15) is 39.5 Å². The number of rotatable bonds is 8. The number of aliphatic hydroxyl groups excluding tert-OH is 1. The van der Waals surface area contributed by atoms with Crippen molar-refractivity contribution in [1.29, 1.82) is 0 Å². The summed E-state index contributed by atoms with van der Waals surface area (Å²) in [5, 5.41) is 13.1. The van der Waals surface area contributed by atoms with Crippen molar-refractivity contribution in [2.75, 3.05) is 19.4 Å².